The maximum absolute atomic E-state index is 13.0. The second-order valence-corrected chi connectivity index (χ2v) is 9.04. The lowest BCUT2D eigenvalue weighted by Gasteiger charge is -2.35. The van der Waals surface area contributed by atoms with Gasteiger partial charge in [-0.1, -0.05) is 6.07 Å². The van der Waals surface area contributed by atoms with Crippen molar-refractivity contribution in [2.75, 3.05) is 12.4 Å². The predicted molar refractivity (Wildman–Crippen MR) is 115 cm³/mol. The first kappa shape index (κ1) is 22.5. The molecule has 3 N–H and O–H groups in total. The van der Waals surface area contributed by atoms with Crippen LogP contribution in [0, 0.1) is 6.92 Å². The lowest BCUT2D eigenvalue weighted by atomic mass is 9.97. The fraction of sp³-hybridized carbons (Fsp3) is 0.619. The Morgan fingerprint density at radius 3 is 2.32 bits per heavy atom. The van der Waals surface area contributed by atoms with Gasteiger partial charge in [-0.15, -0.1) is 12.4 Å². The Kier molecular flexibility index (Phi) is 6.99. The quantitative estimate of drug-likeness (QED) is 0.714. The van der Waals surface area contributed by atoms with E-state index in [4.69, 9.17) is 0 Å². The summed E-state index contributed by atoms with van der Waals surface area (Å²) in [5.41, 5.74) is 1.89. The van der Waals surface area contributed by atoms with Crippen molar-refractivity contribution in [3.05, 3.63) is 29.3 Å². The van der Waals surface area contributed by atoms with Gasteiger partial charge in [0.2, 0.25) is 0 Å². The molecule has 3 amide bonds. The van der Waals surface area contributed by atoms with Gasteiger partial charge in [-0.3, -0.25) is 4.79 Å². The molecule has 7 heteroatoms. The highest BCUT2D eigenvalue weighted by atomic mass is 35.5. The molecular weight excluding hydrogens is 376 g/mol. The van der Waals surface area contributed by atoms with E-state index in [-0.39, 0.29) is 35.9 Å². The number of amides is 3. The summed E-state index contributed by atoms with van der Waals surface area (Å²) in [6.45, 7) is 7.72. The first-order chi connectivity index (χ1) is 12.6. The van der Waals surface area contributed by atoms with E-state index in [1.807, 2.05) is 51.8 Å². The third-order valence-electron chi connectivity index (χ3n) is 5.54. The first-order valence-electron chi connectivity index (χ1n) is 9.85. The number of carbonyl (C=O) groups excluding carboxylic acids is 2. The van der Waals surface area contributed by atoms with Crippen LogP contribution in [0.2, 0.25) is 0 Å². The van der Waals surface area contributed by atoms with Gasteiger partial charge in [0.1, 0.15) is 0 Å². The molecule has 0 aliphatic carbocycles. The number of piperidine rings is 1. The Morgan fingerprint density at radius 1 is 1.14 bits per heavy atom. The maximum Gasteiger partial charge on any atom is 0.319 e. The number of rotatable bonds is 3. The number of fused-ring (bicyclic) bond motifs is 2. The fourth-order valence-corrected chi connectivity index (χ4v) is 4.10. The lowest BCUT2D eigenvalue weighted by molar-refractivity contribution is 0.0681. The van der Waals surface area contributed by atoms with E-state index in [9.17, 15) is 9.59 Å². The van der Waals surface area contributed by atoms with E-state index in [1.54, 1.807) is 6.07 Å². The van der Waals surface area contributed by atoms with Crippen LogP contribution in [0.5, 0.6) is 0 Å². The monoisotopic (exact) mass is 408 g/mol. The van der Waals surface area contributed by atoms with Crippen molar-refractivity contribution in [1.82, 2.24) is 15.5 Å². The Bertz CT molecular complexity index is 720. The van der Waals surface area contributed by atoms with Gasteiger partial charge in [0.15, 0.2) is 0 Å². The molecule has 2 aliphatic rings. The molecule has 0 spiro atoms. The maximum atomic E-state index is 13.0. The van der Waals surface area contributed by atoms with E-state index in [0.717, 1.165) is 18.4 Å². The van der Waals surface area contributed by atoms with Crippen molar-refractivity contribution in [2.45, 2.75) is 77.0 Å². The molecule has 2 heterocycles. The van der Waals surface area contributed by atoms with Gasteiger partial charge in [-0.05, 0) is 71.1 Å². The van der Waals surface area contributed by atoms with Crippen LogP contribution in [0.1, 0.15) is 62.4 Å². The molecule has 0 aromatic heterocycles. The average Bonchev–Trinajstić information content (AvgIpc) is 2.91. The smallest absolute Gasteiger partial charge is 0.319 e. The minimum absolute atomic E-state index is 0. The summed E-state index contributed by atoms with van der Waals surface area (Å²) in [7, 11) is 1.90. The molecule has 2 fully saturated rings. The first-order valence-corrected chi connectivity index (χ1v) is 9.85. The van der Waals surface area contributed by atoms with Crippen molar-refractivity contribution in [1.29, 1.82) is 0 Å². The van der Waals surface area contributed by atoms with Crippen LogP contribution in [0.25, 0.3) is 0 Å². The number of benzene rings is 1. The van der Waals surface area contributed by atoms with Gasteiger partial charge in [0.05, 0.1) is 0 Å². The molecule has 1 aromatic rings. The number of halogens is 1. The number of urea groups is 1. The average molecular weight is 409 g/mol. The molecule has 2 aliphatic heterocycles. The van der Waals surface area contributed by atoms with Gasteiger partial charge >= 0.3 is 6.03 Å². The molecule has 0 radical (unpaired) electrons. The van der Waals surface area contributed by atoms with Gasteiger partial charge in [-0.2, -0.15) is 0 Å². The Balaban J connectivity index is 0.00000280. The van der Waals surface area contributed by atoms with E-state index < -0.39 is 0 Å². The zero-order valence-electron chi connectivity index (χ0n) is 17.5. The Hall–Kier alpha value is -1.79. The summed E-state index contributed by atoms with van der Waals surface area (Å²) in [4.78, 5) is 27.1. The third kappa shape index (κ3) is 5.39. The van der Waals surface area contributed by atoms with Crippen LogP contribution in [0.4, 0.5) is 10.5 Å². The molecule has 0 saturated carbocycles. The summed E-state index contributed by atoms with van der Waals surface area (Å²) in [6.07, 6.45) is 4.46. The zero-order valence-corrected chi connectivity index (χ0v) is 18.3. The SMILES string of the molecule is Cc1ccc(C(=O)N(C)C2CC3CCC(C2)N3)cc1NC(=O)NC(C)(C)C.Cl. The van der Waals surface area contributed by atoms with Crippen LogP contribution in [-0.4, -0.2) is 47.6 Å². The van der Waals surface area contributed by atoms with E-state index in [2.05, 4.69) is 16.0 Å². The van der Waals surface area contributed by atoms with Gasteiger partial charge < -0.3 is 20.9 Å². The minimum atomic E-state index is -0.319. The van der Waals surface area contributed by atoms with Gasteiger partial charge in [-0.25, -0.2) is 4.79 Å². The van der Waals surface area contributed by atoms with Crippen LogP contribution < -0.4 is 16.0 Å². The van der Waals surface area contributed by atoms with Crippen LogP contribution in [-0.2, 0) is 0 Å². The largest absolute Gasteiger partial charge is 0.339 e. The van der Waals surface area contributed by atoms with Crippen LogP contribution in [0.3, 0.4) is 0 Å². The summed E-state index contributed by atoms with van der Waals surface area (Å²) < 4.78 is 0. The van der Waals surface area contributed by atoms with Crippen LogP contribution >= 0.6 is 12.4 Å². The van der Waals surface area contributed by atoms with Crippen molar-refractivity contribution in [3.8, 4) is 0 Å². The van der Waals surface area contributed by atoms with Crippen molar-refractivity contribution >= 4 is 30.0 Å². The molecule has 2 unspecified atom stereocenters. The molecule has 2 bridgehead atoms. The normalized spacial score (nSPS) is 23.5. The molecule has 2 saturated heterocycles. The molecule has 156 valence electrons. The number of anilines is 1. The molecule has 1 aromatic carbocycles. The summed E-state index contributed by atoms with van der Waals surface area (Å²) in [5, 5.41) is 9.37. The van der Waals surface area contributed by atoms with Crippen molar-refractivity contribution in [2.24, 2.45) is 0 Å². The molecular formula is C21H33ClN4O2. The van der Waals surface area contributed by atoms with E-state index in [1.165, 1.54) is 12.8 Å². The van der Waals surface area contributed by atoms with E-state index in [0.29, 0.717) is 23.3 Å². The number of hydrogen-bond donors (Lipinski definition) is 3. The number of hydrogen-bond acceptors (Lipinski definition) is 3. The summed E-state index contributed by atoms with van der Waals surface area (Å²) in [5.74, 6) is 0.0144. The topological polar surface area (TPSA) is 73.5 Å². The standard InChI is InChI=1S/C21H32N4O2.ClH/c1-13-6-7-14(10-18(13)23-20(27)24-21(2,3)4)19(26)25(5)17-11-15-8-9-16(12-17)22-15;/h6-7,10,15-17,22H,8-9,11-12H2,1-5H3,(H2,23,24,27);1H. The molecule has 3 rings (SSSR count). The number of aryl methyl sites for hydroxylation is 1. The zero-order chi connectivity index (χ0) is 19.8. The third-order valence-corrected chi connectivity index (χ3v) is 5.54. The molecule has 6 nitrogen and oxygen atoms in total. The highest BCUT2D eigenvalue weighted by Gasteiger charge is 2.36. The molecule has 28 heavy (non-hydrogen) atoms. The predicted octanol–water partition coefficient (Wildman–Crippen LogP) is 3.69. The van der Waals surface area contributed by atoms with Crippen molar-refractivity contribution < 1.29 is 9.59 Å². The minimum Gasteiger partial charge on any atom is -0.339 e. The highest BCUT2D eigenvalue weighted by molar-refractivity contribution is 5.97. The lowest BCUT2D eigenvalue weighted by Crippen LogP contribution is -2.48. The molecule has 2 atom stereocenters. The summed E-state index contributed by atoms with van der Waals surface area (Å²) >= 11 is 0. The van der Waals surface area contributed by atoms with E-state index >= 15 is 0 Å². The number of carbonyl (C=O) groups is 2. The second kappa shape index (κ2) is 8.70. The highest BCUT2D eigenvalue weighted by Crippen LogP contribution is 2.30. The van der Waals surface area contributed by atoms with Gasteiger partial charge in [0.25, 0.3) is 5.91 Å². The van der Waals surface area contributed by atoms with Crippen LogP contribution in [0.15, 0.2) is 18.2 Å². The second-order valence-electron chi connectivity index (χ2n) is 9.04. The number of nitrogens with one attached hydrogen (secondary N) is 3. The number of nitrogens with zero attached hydrogens (tertiary/aromatic N) is 1. The fourth-order valence-electron chi connectivity index (χ4n) is 4.10. The Morgan fingerprint density at radius 2 is 1.75 bits per heavy atom. The summed E-state index contributed by atoms with van der Waals surface area (Å²) in [6, 6.07) is 6.61. The Labute approximate surface area is 174 Å². The van der Waals surface area contributed by atoms with Crippen molar-refractivity contribution in [3.63, 3.8) is 0 Å². The van der Waals surface area contributed by atoms with Gasteiger partial charge in [0, 0.05) is 42.0 Å².